The molecule has 0 radical (unpaired) electrons. The number of aliphatic hydroxyl groups is 1. The van der Waals surface area contributed by atoms with Crippen LogP contribution in [0.3, 0.4) is 0 Å². The molecule has 30 heavy (non-hydrogen) atoms. The number of hydrogen-bond donors (Lipinski definition) is 3. The summed E-state index contributed by atoms with van der Waals surface area (Å²) < 4.78 is 16.8. The van der Waals surface area contributed by atoms with E-state index in [4.69, 9.17) is 14.2 Å². The van der Waals surface area contributed by atoms with Crippen molar-refractivity contribution < 1.29 is 34.1 Å². The number of phenolic OH excluding ortho intramolecular Hbond substituents is 1. The lowest BCUT2D eigenvalue weighted by atomic mass is 9.84. The number of rotatable bonds is 3. The van der Waals surface area contributed by atoms with Gasteiger partial charge in [0.05, 0.1) is 32.0 Å². The zero-order chi connectivity index (χ0) is 21.3. The van der Waals surface area contributed by atoms with Gasteiger partial charge in [-0.1, -0.05) is 0 Å². The Hall–Kier alpha value is -2.13. The van der Waals surface area contributed by atoms with Crippen LogP contribution >= 0.6 is 0 Å². The maximum absolute atomic E-state index is 12.4. The van der Waals surface area contributed by atoms with Crippen molar-refractivity contribution in [2.45, 2.75) is 31.6 Å². The van der Waals surface area contributed by atoms with Crippen molar-refractivity contribution in [1.29, 1.82) is 0 Å². The van der Waals surface area contributed by atoms with E-state index in [9.17, 15) is 15.0 Å². The molecule has 0 spiro atoms. The fourth-order valence-electron chi connectivity index (χ4n) is 4.46. The van der Waals surface area contributed by atoms with Gasteiger partial charge < -0.3 is 34.2 Å². The number of nitrogens with one attached hydrogen (secondary N) is 1. The van der Waals surface area contributed by atoms with Crippen molar-refractivity contribution in [1.82, 2.24) is 4.90 Å². The molecule has 3 aliphatic rings. The molecule has 3 heterocycles. The monoisotopic (exact) mass is 419 g/mol. The largest absolute Gasteiger partial charge is 0.507 e. The predicted octanol–water partition coefficient (Wildman–Crippen LogP) is -0.248. The number of quaternary nitrogens is 1. The summed E-state index contributed by atoms with van der Waals surface area (Å²) in [6.45, 7) is 8.65. The zero-order valence-corrected chi connectivity index (χ0v) is 17.6. The van der Waals surface area contributed by atoms with Crippen LogP contribution in [0.15, 0.2) is 18.2 Å². The first-order valence-corrected chi connectivity index (χ1v) is 10.6. The smallest absolute Gasteiger partial charge is 0.246 e. The fraction of sp³-hybridized carbons (Fsp3) is 0.591. The van der Waals surface area contributed by atoms with Gasteiger partial charge in [0, 0.05) is 24.7 Å². The van der Waals surface area contributed by atoms with Crippen LogP contribution in [0, 0.1) is 0 Å². The Bertz CT molecular complexity index is 812. The Morgan fingerprint density at radius 2 is 1.83 bits per heavy atom. The number of benzene rings is 1. The minimum atomic E-state index is -0.793. The van der Waals surface area contributed by atoms with Crippen molar-refractivity contribution in [3.8, 4) is 11.5 Å². The highest BCUT2D eigenvalue weighted by Crippen LogP contribution is 2.44. The highest BCUT2D eigenvalue weighted by Gasteiger charge is 2.49. The fourth-order valence-corrected chi connectivity index (χ4v) is 4.46. The van der Waals surface area contributed by atoms with Crippen molar-refractivity contribution in [2.75, 3.05) is 52.6 Å². The van der Waals surface area contributed by atoms with E-state index < -0.39 is 11.7 Å². The summed E-state index contributed by atoms with van der Waals surface area (Å²) in [5.41, 5.74) is 0.349. The van der Waals surface area contributed by atoms with E-state index in [1.807, 2.05) is 19.9 Å². The number of carbonyl (C=O) groups is 1. The molecule has 1 aromatic carbocycles. The van der Waals surface area contributed by atoms with Crippen LogP contribution < -0.4 is 9.64 Å². The molecular formula is C22H31N2O6+. The normalized spacial score (nSPS) is 27.0. The van der Waals surface area contributed by atoms with Gasteiger partial charge in [0.25, 0.3) is 0 Å². The van der Waals surface area contributed by atoms with E-state index in [2.05, 4.69) is 0 Å². The topological polar surface area (TPSA) is 92.9 Å². The molecule has 8 heteroatoms. The molecule has 4 rings (SSSR count). The number of hydrogen-bond acceptors (Lipinski definition) is 6. The zero-order valence-electron chi connectivity index (χ0n) is 17.6. The molecule has 3 N–H and O–H groups in total. The number of amides is 1. The summed E-state index contributed by atoms with van der Waals surface area (Å²) in [4.78, 5) is 15.3. The number of aromatic hydroxyl groups is 1. The molecule has 0 saturated carbocycles. The average molecular weight is 419 g/mol. The quantitative estimate of drug-likeness (QED) is 0.586. The van der Waals surface area contributed by atoms with Gasteiger partial charge in [0.2, 0.25) is 5.91 Å². The summed E-state index contributed by atoms with van der Waals surface area (Å²) in [7, 11) is 0. The van der Waals surface area contributed by atoms with Crippen LogP contribution in [-0.4, -0.2) is 85.3 Å². The average Bonchev–Trinajstić information content (AvgIpc) is 2.75. The second-order valence-corrected chi connectivity index (χ2v) is 8.58. The molecule has 0 aliphatic carbocycles. The molecular weight excluding hydrogens is 388 g/mol. The van der Waals surface area contributed by atoms with E-state index in [0.717, 1.165) is 18.0 Å². The van der Waals surface area contributed by atoms with Crippen LogP contribution in [0.5, 0.6) is 11.5 Å². The second kappa shape index (κ2) is 8.55. The molecule has 2 saturated heterocycles. The number of nitrogens with zero attached hydrogens (tertiary/aromatic N) is 1. The van der Waals surface area contributed by atoms with Crippen molar-refractivity contribution >= 4 is 12.0 Å². The first-order chi connectivity index (χ1) is 14.4. The maximum Gasteiger partial charge on any atom is 0.246 e. The van der Waals surface area contributed by atoms with Gasteiger partial charge in [-0.05, 0) is 32.1 Å². The lowest BCUT2D eigenvalue weighted by molar-refractivity contribution is -0.944. The summed E-state index contributed by atoms with van der Waals surface area (Å²) >= 11 is 0. The Labute approximate surface area is 176 Å². The van der Waals surface area contributed by atoms with Crippen LogP contribution in [0.1, 0.15) is 31.0 Å². The van der Waals surface area contributed by atoms with Crippen molar-refractivity contribution in [3.05, 3.63) is 29.3 Å². The number of ether oxygens (including phenoxy) is 3. The van der Waals surface area contributed by atoms with Crippen molar-refractivity contribution in [3.63, 3.8) is 0 Å². The molecule has 8 nitrogen and oxygen atoms in total. The first kappa shape index (κ1) is 21.1. The number of morpholine rings is 2. The molecule has 2 atom stereocenters. The minimum Gasteiger partial charge on any atom is -0.507 e. The Morgan fingerprint density at radius 1 is 1.17 bits per heavy atom. The summed E-state index contributed by atoms with van der Waals surface area (Å²) in [6.07, 6.45) is 2.32. The third-order valence-corrected chi connectivity index (χ3v) is 6.22. The summed E-state index contributed by atoms with van der Waals surface area (Å²) in [5.74, 6) is 0.517. The first-order valence-electron chi connectivity index (χ1n) is 10.6. The van der Waals surface area contributed by atoms with Gasteiger partial charge in [0.1, 0.15) is 36.3 Å². The van der Waals surface area contributed by atoms with Gasteiger partial charge in [-0.25, -0.2) is 0 Å². The van der Waals surface area contributed by atoms with E-state index >= 15 is 0 Å². The van der Waals surface area contributed by atoms with Crippen molar-refractivity contribution in [2.24, 2.45) is 0 Å². The van der Waals surface area contributed by atoms with Crippen LogP contribution in [0.4, 0.5) is 0 Å². The molecule has 0 unspecified atom stereocenters. The van der Waals surface area contributed by atoms with Gasteiger partial charge in [-0.3, -0.25) is 4.79 Å². The van der Waals surface area contributed by atoms with E-state index in [-0.39, 0.29) is 17.7 Å². The SMILES string of the molecule is CC1(C)Oc2ccc(/C=C/C(=O)N3CCOCC3)c(O)c2[C@@H]([NH+]2CCOCC2)[C@@H]1O. The van der Waals surface area contributed by atoms with E-state index in [1.165, 1.54) is 6.08 Å². The molecule has 3 aliphatic heterocycles. The summed E-state index contributed by atoms with van der Waals surface area (Å²) in [6, 6.07) is 3.22. The van der Waals surface area contributed by atoms with Gasteiger partial charge in [-0.15, -0.1) is 0 Å². The Balaban J connectivity index is 1.65. The Morgan fingerprint density at radius 3 is 2.53 bits per heavy atom. The van der Waals surface area contributed by atoms with Gasteiger partial charge in [-0.2, -0.15) is 0 Å². The van der Waals surface area contributed by atoms with Crippen LogP contribution in [0.2, 0.25) is 0 Å². The number of phenols is 1. The molecule has 2 fully saturated rings. The lowest BCUT2D eigenvalue weighted by Gasteiger charge is -2.45. The minimum absolute atomic E-state index is 0.0528. The second-order valence-electron chi connectivity index (χ2n) is 8.58. The third-order valence-electron chi connectivity index (χ3n) is 6.22. The molecule has 1 aromatic rings. The third kappa shape index (κ3) is 4.05. The van der Waals surface area contributed by atoms with E-state index in [1.54, 1.807) is 17.0 Å². The van der Waals surface area contributed by atoms with Crippen LogP contribution in [0.25, 0.3) is 6.08 Å². The number of fused-ring (bicyclic) bond motifs is 1. The molecule has 0 aromatic heterocycles. The number of carbonyl (C=O) groups excluding carboxylic acids is 1. The number of aliphatic hydroxyl groups excluding tert-OH is 1. The van der Waals surface area contributed by atoms with Gasteiger partial charge >= 0.3 is 0 Å². The molecule has 164 valence electrons. The molecule has 0 bridgehead atoms. The Kier molecular flexibility index (Phi) is 6.02. The summed E-state index contributed by atoms with van der Waals surface area (Å²) in [5, 5.41) is 22.2. The van der Waals surface area contributed by atoms with Crippen LogP contribution in [-0.2, 0) is 14.3 Å². The van der Waals surface area contributed by atoms with E-state index in [0.29, 0.717) is 56.4 Å². The standard InChI is InChI=1S/C22H30N2O6/c1-22(2)21(27)19(24-9-13-29-14-10-24)18-16(30-22)5-3-15(20(18)26)4-6-17(25)23-7-11-28-12-8-23/h3-6,19,21,26-27H,7-14H2,1-2H3/p+1/b6-4+/t19-,21+/m1/s1. The lowest BCUT2D eigenvalue weighted by Crippen LogP contribution is -3.15. The predicted molar refractivity (Wildman–Crippen MR) is 110 cm³/mol. The van der Waals surface area contributed by atoms with Gasteiger partial charge in [0.15, 0.2) is 6.04 Å². The maximum atomic E-state index is 12.4. The highest BCUT2D eigenvalue weighted by molar-refractivity contribution is 5.92. The highest BCUT2D eigenvalue weighted by atomic mass is 16.5. The molecule has 1 amide bonds.